The molecule has 1 aromatic heterocycles. The predicted octanol–water partition coefficient (Wildman–Crippen LogP) is 0.324. The highest BCUT2D eigenvalue weighted by molar-refractivity contribution is 7.89. The molecule has 15 heavy (non-hydrogen) atoms. The Kier molecular flexibility index (Phi) is 3.48. The third kappa shape index (κ3) is 2.36. The number of hydrogen-bond acceptors (Lipinski definition) is 4. The molecule has 0 fully saturated rings. The molecule has 0 aromatic carbocycles. The molecule has 0 bridgehead atoms. The summed E-state index contributed by atoms with van der Waals surface area (Å²) in [6.07, 6.45) is 0. The normalized spacial score (nSPS) is 11.4. The standard InChI is InChI=1S/C8H12N2O3S2/c1-5-7(15(12,13)10-3)4-6(14-5)8(11)9-2/h4,10H,1-3H3,(H,9,11). The van der Waals surface area contributed by atoms with Crippen molar-refractivity contribution in [3.05, 3.63) is 15.8 Å². The third-order valence-electron chi connectivity index (χ3n) is 1.88. The average molecular weight is 248 g/mol. The van der Waals surface area contributed by atoms with Gasteiger partial charge in [-0.05, 0) is 20.0 Å². The van der Waals surface area contributed by atoms with Crippen molar-refractivity contribution in [3.63, 3.8) is 0 Å². The number of aryl methyl sites for hydroxylation is 1. The Morgan fingerprint density at radius 3 is 2.47 bits per heavy atom. The Hall–Kier alpha value is -0.920. The summed E-state index contributed by atoms with van der Waals surface area (Å²) >= 11 is 1.16. The van der Waals surface area contributed by atoms with Crippen LogP contribution < -0.4 is 10.0 Å². The number of hydrogen-bond donors (Lipinski definition) is 2. The molecule has 1 rings (SSSR count). The van der Waals surface area contributed by atoms with E-state index in [4.69, 9.17) is 0 Å². The first-order valence-corrected chi connectivity index (χ1v) is 6.48. The molecule has 0 saturated heterocycles. The first kappa shape index (κ1) is 12.2. The molecule has 84 valence electrons. The van der Waals surface area contributed by atoms with E-state index < -0.39 is 10.0 Å². The van der Waals surface area contributed by atoms with Gasteiger partial charge in [-0.3, -0.25) is 4.79 Å². The molecular weight excluding hydrogens is 236 g/mol. The van der Waals surface area contributed by atoms with Crippen LogP contribution in [-0.2, 0) is 10.0 Å². The SMILES string of the molecule is CNC(=O)c1cc(S(=O)(=O)NC)c(C)s1. The lowest BCUT2D eigenvalue weighted by Crippen LogP contribution is -2.19. The molecule has 0 atom stereocenters. The molecule has 2 N–H and O–H groups in total. The van der Waals surface area contributed by atoms with Gasteiger partial charge in [0, 0.05) is 11.9 Å². The van der Waals surface area contributed by atoms with Gasteiger partial charge in [0.1, 0.15) is 0 Å². The van der Waals surface area contributed by atoms with E-state index in [2.05, 4.69) is 10.0 Å². The smallest absolute Gasteiger partial charge is 0.261 e. The van der Waals surface area contributed by atoms with Crippen molar-refractivity contribution >= 4 is 27.3 Å². The summed E-state index contributed by atoms with van der Waals surface area (Å²) in [6.45, 7) is 1.67. The largest absolute Gasteiger partial charge is 0.354 e. The molecule has 0 aliphatic heterocycles. The van der Waals surface area contributed by atoms with Gasteiger partial charge >= 0.3 is 0 Å². The van der Waals surface area contributed by atoms with Crippen molar-refractivity contribution in [2.24, 2.45) is 0 Å². The van der Waals surface area contributed by atoms with Crippen LogP contribution in [0.2, 0.25) is 0 Å². The molecule has 0 saturated carbocycles. The summed E-state index contributed by atoms with van der Waals surface area (Å²) in [4.78, 5) is 12.4. The maximum absolute atomic E-state index is 11.5. The van der Waals surface area contributed by atoms with Crippen LogP contribution >= 0.6 is 11.3 Å². The molecule has 7 heteroatoms. The second kappa shape index (κ2) is 4.30. The number of nitrogens with one attached hydrogen (secondary N) is 2. The number of amides is 1. The van der Waals surface area contributed by atoms with Gasteiger partial charge in [-0.1, -0.05) is 0 Å². The van der Waals surface area contributed by atoms with Crippen molar-refractivity contribution < 1.29 is 13.2 Å². The zero-order chi connectivity index (χ0) is 11.6. The Balaban J connectivity index is 3.24. The van der Waals surface area contributed by atoms with Crippen LogP contribution in [0.5, 0.6) is 0 Å². The van der Waals surface area contributed by atoms with Gasteiger partial charge in [0.05, 0.1) is 9.77 Å². The van der Waals surface area contributed by atoms with Crippen LogP contribution in [0, 0.1) is 6.92 Å². The molecule has 1 amide bonds. The van der Waals surface area contributed by atoms with E-state index in [1.54, 1.807) is 6.92 Å². The van der Waals surface area contributed by atoms with Crippen LogP contribution in [0.3, 0.4) is 0 Å². The molecule has 0 aliphatic carbocycles. The van der Waals surface area contributed by atoms with E-state index in [9.17, 15) is 13.2 Å². The molecule has 0 spiro atoms. The van der Waals surface area contributed by atoms with E-state index >= 15 is 0 Å². The lowest BCUT2D eigenvalue weighted by Gasteiger charge is -1.99. The third-order valence-corrected chi connectivity index (χ3v) is 4.60. The predicted molar refractivity (Wildman–Crippen MR) is 58.7 cm³/mol. The summed E-state index contributed by atoms with van der Waals surface area (Å²) in [6, 6.07) is 1.38. The molecular formula is C8H12N2O3S2. The topological polar surface area (TPSA) is 75.3 Å². The summed E-state index contributed by atoms with van der Waals surface area (Å²) in [7, 11) is -0.626. The minimum absolute atomic E-state index is 0.161. The number of rotatable bonds is 3. The zero-order valence-electron chi connectivity index (χ0n) is 8.62. The highest BCUT2D eigenvalue weighted by Crippen LogP contribution is 2.25. The van der Waals surface area contributed by atoms with Crippen molar-refractivity contribution in [2.75, 3.05) is 14.1 Å². The van der Waals surface area contributed by atoms with Crippen LogP contribution in [0.15, 0.2) is 11.0 Å². The molecule has 0 unspecified atom stereocenters. The highest BCUT2D eigenvalue weighted by atomic mass is 32.2. The van der Waals surface area contributed by atoms with E-state index in [1.165, 1.54) is 20.2 Å². The summed E-state index contributed by atoms with van der Waals surface area (Å²) < 4.78 is 25.2. The maximum atomic E-state index is 11.5. The van der Waals surface area contributed by atoms with Crippen molar-refractivity contribution in [2.45, 2.75) is 11.8 Å². The fraction of sp³-hybridized carbons (Fsp3) is 0.375. The average Bonchev–Trinajstić information content (AvgIpc) is 2.60. The van der Waals surface area contributed by atoms with Crippen LogP contribution in [-0.4, -0.2) is 28.4 Å². The Bertz CT molecular complexity index is 476. The molecule has 1 heterocycles. The van der Waals surface area contributed by atoms with Crippen LogP contribution in [0.4, 0.5) is 0 Å². The minimum atomic E-state index is -3.47. The Labute approximate surface area is 92.6 Å². The quantitative estimate of drug-likeness (QED) is 0.809. The van der Waals surface area contributed by atoms with Crippen LogP contribution in [0.25, 0.3) is 0 Å². The van der Waals surface area contributed by atoms with Crippen molar-refractivity contribution in [1.29, 1.82) is 0 Å². The second-order valence-corrected chi connectivity index (χ2v) is 5.93. The number of carbonyl (C=O) groups is 1. The Morgan fingerprint density at radius 1 is 1.40 bits per heavy atom. The fourth-order valence-electron chi connectivity index (χ4n) is 1.08. The summed E-state index contributed by atoms with van der Waals surface area (Å²) in [5.41, 5.74) is 0. The van der Waals surface area contributed by atoms with Gasteiger partial charge in [-0.15, -0.1) is 11.3 Å². The Morgan fingerprint density at radius 2 is 2.00 bits per heavy atom. The monoisotopic (exact) mass is 248 g/mol. The number of sulfonamides is 1. The van der Waals surface area contributed by atoms with Gasteiger partial charge in [-0.25, -0.2) is 13.1 Å². The van der Waals surface area contributed by atoms with E-state index in [0.29, 0.717) is 9.75 Å². The lowest BCUT2D eigenvalue weighted by molar-refractivity contribution is 0.0967. The highest BCUT2D eigenvalue weighted by Gasteiger charge is 2.20. The van der Waals surface area contributed by atoms with E-state index in [0.717, 1.165) is 11.3 Å². The first-order valence-electron chi connectivity index (χ1n) is 4.18. The van der Waals surface area contributed by atoms with Crippen molar-refractivity contribution in [3.8, 4) is 0 Å². The molecule has 5 nitrogen and oxygen atoms in total. The maximum Gasteiger partial charge on any atom is 0.261 e. The number of thiophene rings is 1. The molecule has 1 aromatic rings. The molecule has 0 aliphatic rings. The van der Waals surface area contributed by atoms with E-state index in [1.807, 2.05) is 0 Å². The first-order chi connectivity index (χ1) is 6.92. The van der Waals surface area contributed by atoms with Gasteiger partial charge in [0.25, 0.3) is 5.91 Å². The summed E-state index contributed by atoms with van der Waals surface area (Å²) in [5, 5.41) is 2.45. The minimum Gasteiger partial charge on any atom is -0.354 e. The molecule has 0 radical (unpaired) electrons. The van der Waals surface area contributed by atoms with Gasteiger partial charge in [0.2, 0.25) is 10.0 Å². The lowest BCUT2D eigenvalue weighted by atomic mass is 10.4. The van der Waals surface area contributed by atoms with Gasteiger partial charge in [0.15, 0.2) is 0 Å². The zero-order valence-corrected chi connectivity index (χ0v) is 10.3. The van der Waals surface area contributed by atoms with E-state index in [-0.39, 0.29) is 10.8 Å². The van der Waals surface area contributed by atoms with Crippen molar-refractivity contribution in [1.82, 2.24) is 10.0 Å². The second-order valence-electron chi connectivity index (χ2n) is 2.82. The van der Waals surface area contributed by atoms with Gasteiger partial charge < -0.3 is 5.32 Å². The summed E-state index contributed by atoms with van der Waals surface area (Å²) in [5.74, 6) is -0.277. The number of carbonyl (C=O) groups excluding carboxylic acids is 1. The van der Waals surface area contributed by atoms with Crippen LogP contribution in [0.1, 0.15) is 14.5 Å². The van der Waals surface area contributed by atoms with Gasteiger partial charge in [-0.2, -0.15) is 0 Å². The fourth-order valence-corrected chi connectivity index (χ4v) is 3.34.